The number of nitrogens with one attached hydrogen (secondary N) is 2. The maximum atomic E-state index is 13.1. The highest BCUT2D eigenvalue weighted by Gasteiger charge is 2.40. The molecule has 2 saturated heterocycles. The first-order chi connectivity index (χ1) is 19.2. The summed E-state index contributed by atoms with van der Waals surface area (Å²) < 4.78 is 13.4. The number of piperazine rings is 1. The molecule has 5 rings (SSSR count). The zero-order valence-corrected chi connectivity index (χ0v) is 23.9. The molecule has 1 spiro atoms. The van der Waals surface area contributed by atoms with Gasteiger partial charge in [-0.05, 0) is 49.3 Å². The first kappa shape index (κ1) is 28.3. The van der Waals surface area contributed by atoms with Crippen LogP contribution in [0.15, 0.2) is 24.3 Å². The number of hydrogen-bond donors (Lipinski definition) is 2. The molecule has 3 aliphatic heterocycles. The fourth-order valence-corrected chi connectivity index (χ4v) is 5.93. The standard InChI is InChI=1S/C30H41N5O5/c1-4-23-25-24(17-30(18-32-26(25)36)8-14-39-15-9-30)35(33-23)19-29(2,3)20-40-28(38)22-7-5-6-21(16-22)27(37)34-12-10-31-11-13-34/h5-7,16,31H,4,8-15,17-20H2,1-3H3,(H,32,36). The van der Waals surface area contributed by atoms with Crippen molar-refractivity contribution in [1.29, 1.82) is 0 Å². The zero-order valence-electron chi connectivity index (χ0n) is 23.9. The first-order valence-electron chi connectivity index (χ1n) is 14.4. The second kappa shape index (κ2) is 11.7. The van der Waals surface area contributed by atoms with Crippen LogP contribution in [-0.2, 0) is 28.9 Å². The molecule has 1 aromatic carbocycles. The molecular formula is C30H41N5O5. The summed E-state index contributed by atoms with van der Waals surface area (Å²) in [5, 5.41) is 11.3. The van der Waals surface area contributed by atoms with Crippen molar-refractivity contribution < 1.29 is 23.9 Å². The Labute approximate surface area is 235 Å². The first-order valence-corrected chi connectivity index (χ1v) is 14.4. The van der Waals surface area contributed by atoms with Crippen LogP contribution in [0.4, 0.5) is 0 Å². The average Bonchev–Trinajstić information content (AvgIpc) is 3.23. The molecule has 1 aromatic heterocycles. The van der Waals surface area contributed by atoms with Crippen LogP contribution >= 0.6 is 0 Å². The molecular weight excluding hydrogens is 510 g/mol. The van der Waals surface area contributed by atoms with E-state index in [4.69, 9.17) is 14.6 Å². The molecule has 10 heteroatoms. The molecule has 0 aliphatic carbocycles. The Hall–Kier alpha value is -3.24. The van der Waals surface area contributed by atoms with Gasteiger partial charge in [0.25, 0.3) is 11.8 Å². The summed E-state index contributed by atoms with van der Waals surface area (Å²) in [6, 6.07) is 6.75. The Bertz CT molecular complexity index is 1260. The molecule has 2 fully saturated rings. The molecule has 4 heterocycles. The molecule has 3 aliphatic rings. The van der Waals surface area contributed by atoms with E-state index in [-0.39, 0.29) is 23.8 Å². The Balaban J connectivity index is 1.29. The number of nitrogens with zero attached hydrogens (tertiary/aromatic N) is 3. The third kappa shape index (κ3) is 6.07. The third-order valence-electron chi connectivity index (χ3n) is 8.33. The highest BCUT2D eigenvalue weighted by atomic mass is 16.5. The summed E-state index contributed by atoms with van der Waals surface area (Å²) in [4.78, 5) is 40.9. The number of carbonyl (C=O) groups is 3. The molecule has 0 bridgehead atoms. The van der Waals surface area contributed by atoms with Gasteiger partial charge in [0, 0.05) is 63.5 Å². The van der Waals surface area contributed by atoms with Crippen LogP contribution in [0.3, 0.4) is 0 Å². The van der Waals surface area contributed by atoms with Crippen molar-refractivity contribution in [2.75, 3.05) is 52.5 Å². The van der Waals surface area contributed by atoms with Gasteiger partial charge >= 0.3 is 5.97 Å². The minimum atomic E-state index is -0.461. The normalized spacial score (nSPS) is 19.1. The van der Waals surface area contributed by atoms with E-state index in [0.29, 0.717) is 62.5 Å². The zero-order chi connectivity index (χ0) is 28.3. The van der Waals surface area contributed by atoms with Gasteiger partial charge in [0.2, 0.25) is 0 Å². The van der Waals surface area contributed by atoms with E-state index in [0.717, 1.165) is 43.7 Å². The number of carbonyl (C=O) groups excluding carboxylic acids is 3. The van der Waals surface area contributed by atoms with Crippen LogP contribution < -0.4 is 10.6 Å². The number of hydrogen-bond acceptors (Lipinski definition) is 7. The van der Waals surface area contributed by atoms with Crippen molar-refractivity contribution in [3.63, 3.8) is 0 Å². The second-order valence-corrected chi connectivity index (χ2v) is 12.1. The van der Waals surface area contributed by atoms with Gasteiger partial charge in [-0.3, -0.25) is 14.3 Å². The monoisotopic (exact) mass is 551 g/mol. The number of amides is 2. The molecule has 0 saturated carbocycles. The van der Waals surface area contributed by atoms with Crippen LogP contribution in [0.1, 0.15) is 76.1 Å². The average molecular weight is 552 g/mol. The van der Waals surface area contributed by atoms with Crippen molar-refractivity contribution >= 4 is 17.8 Å². The SMILES string of the molecule is CCc1nn(CC(C)(C)COC(=O)c2cccc(C(=O)N3CCNCC3)c2)c2c1C(=O)NCC1(CCOCC1)C2. The van der Waals surface area contributed by atoms with Crippen LogP contribution in [0.25, 0.3) is 0 Å². The Morgan fingerprint density at radius 1 is 1.15 bits per heavy atom. The van der Waals surface area contributed by atoms with Gasteiger partial charge in [0.1, 0.15) is 0 Å². The summed E-state index contributed by atoms with van der Waals surface area (Å²) in [5.41, 5.74) is 2.83. The predicted octanol–water partition coefficient (Wildman–Crippen LogP) is 2.46. The number of aryl methyl sites for hydroxylation is 1. The Kier molecular flexibility index (Phi) is 8.28. The van der Waals surface area contributed by atoms with Gasteiger partial charge in [0.05, 0.1) is 29.1 Å². The van der Waals surface area contributed by atoms with Gasteiger partial charge in [-0.15, -0.1) is 0 Å². The number of aromatic nitrogens is 2. The van der Waals surface area contributed by atoms with Crippen LogP contribution in [0, 0.1) is 10.8 Å². The highest BCUT2D eigenvalue weighted by molar-refractivity contribution is 5.98. The van der Waals surface area contributed by atoms with E-state index in [1.165, 1.54) is 0 Å². The molecule has 2 aromatic rings. The molecule has 40 heavy (non-hydrogen) atoms. The van der Waals surface area contributed by atoms with Gasteiger partial charge in [-0.2, -0.15) is 5.10 Å². The molecule has 2 amide bonds. The molecule has 10 nitrogen and oxygen atoms in total. The number of fused-ring (bicyclic) bond motifs is 1. The molecule has 216 valence electrons. The van der Waals surface area contributed by atoms with Crippen LogP contribution in [0.2, 0.25) is 0 Å². The van der Waals surface area contributed by atoms with Gasteiger partial charge in [-0.25, -0.2) is 4.79 Å². The Morgan fingerprint density at radius 3 is 2.60 bits per heavy atom. The number of esters is 1. The van der Waals surface area contributed by atoms with Crippen LogP contribution in [-0.4, -0.2) is 85.0 Å². The maximum absolute atomic E-state index is 13.1. The largest absolute Gasteiger partial charge is 0.461 e. The number of benzene rings is 1. The third-order valence-corrected chi connectivity index (χ3v) is 8.33. The van der Waals surface area contributed by atoms with Crippen molar-refractivity contribution in [1.82, 2.24) is 25.3 Å². The maximum Gasteiger partial charge on any atom is 0.338 e. The van der Waals surface area contributed by atoms with E-state index in [2.05, 4.69) is 10.6 Å². The molecule has 2 N–H and O–H groups in total. The minimum Gasteiger partial charge on any atom is -0.461 e. The van der Waals surface area contributed by atoms with E-state index < -0.39 is 11.4 Å². The van der Waals surface area contributed by atoms with E-state index in [1.807, 2.05) is 25.5 Å². The fourth-order valence-electron chi connectivity index (χ4n) is 5.93. The lowest BCUT2D eigenvalue weighted by atomic mass is 9.76. The van der Waals surface area contributed by atoms with Gasteiger partial charge in [0.15, 0.2) is 0 Å². The summed E-state index contributed by atoms with van der Waals surface area (Å²) in [5.74, 6) is -0.591. The van der Waals surface area contributed by atoms with Gasteiger partial charge in [-0.1, -0.05) is 26.8 Å². The fraction of sp³-hybridized carbons (Fsp3) is 0.600. The smallest absolute Gasteiger partial charge is 0.338 e. The number of ether oxygens (including phenoxy) is 2. The summed E-state index contributed by atoms with van der Waals surface area (Å²) in [6.07, 6.45) is 3.23. The summed E-state index contributed by atoms with van der Waals surface area (Å²) in [7, 11) is 0. The summed E-state index contributed by atoms with van der Waals surface area (Å²) in [6.45, 7) is 11.6. The number of rotatable bonds is 7. The van der Waals surface area contributed by atoms with Crippen molar-refractivity contribution in [3.8, 4) is 0 Å². The van der Waals surface area contributed by atoms with Gasteiger partial charge < -0.3 is 25.0 Å². The van der Waals surface area contributed by atoms with E-state index >= 15 is 0 Å². The quantitative estimate of drug-likeness (QED) is 0.508. The molecule has 0 radical (unpaired) electrons. The van der Waals surface area contributed by atoms with E-state index in [9.17, 15) is 14.4 Å². The van der Waals surface area contributed by atoms with Crippen LogP contribution in [0.5, 0.6) is 0 Å². The predicted molar refractivity (Wildman–Crippen MR) is 149 cm³/mol. The summed E-state index contributed by atoms with van der Waals surface area (Å²) >= 11 is 0. The lowest BCUT2D eigenvalue weighted by molar-refractivity contribution is 0.0145. The molecule has 0 unspecified atom stereocenters. The highest BCUT2D eigenvalue weighted by Crippen LogP contribution is 2.38. The minimum absolute atomic E-state index is 0.0360. The lowest BCUT2D eigenvalue weighted by Crippen LogP contribution is -2.46. The topological polar surface area (TPSA) is 115 Å². The van der Waals surface area contributed by atoms with Crippen molar-refractivity contribution in [2.45, 2.75) is 53.0 Å². The molecule has 0 atom stereocenters. The Morgan fingerprint density at radius 2 is 1.88 bits per heavy atom. The van der Waals surface area contributed by atoms with Crippen molar-refractivity contribution in [3.05, 3.63) is 52.3 Å². The van der Waals surface area contributed by atoms with E-state index in [1.54, 1.807) is 29.2 Å². The lowest BCUT2D eigenvalue weighted by Gasteiger charge is -2.36. The second-order valence-electron chi connectivity index (χ2n) is 12.1. The van der Waals surface area contributed by atoms with Crippen molar-refractivity contribution in [2.24, 2.45) is 10.8 Å².